The summed E-state index contributed by atoms with van der Waals surface area (Å²) in [6, 6.07) is 3.82. The molecule has 0 bridgehead atoms. The Kier molecular flexibility index (Phi) is 7.23. The predicted octanol–water partition coefficient (Wildman–Crippen LogP) is 2.98. The highest BCUT2D eigenvalue weighted by atomic mass is 35.5. The van der Waals surface area contributed by atoms with E-state index in [2.05, 4.69) is 10.2 Å². The van der Waals surface area contributed by atoms with Gasteiger partial charge in [-0.2, -0.15) is 0 Å². The van der Waals surface area contributed by atoms with Crippen molar-refractivity contribution in [2.24, 2.45) is 5.92 Å². The van der Waals surface area contributed by atoms with Crippen LogP contribution in [0.5, 0.6) is 0 Å². The monoisotopic (exact) mass is 385 g/mol. The number of halogens is 2. The molecule has 1 aromatic carbocycles. The van der Waals surface area contributed by atoms with Gasteiger partial charge >= 0.3 is 12.0 Å². The van der Waals surface area contributed by atoms with Gasteiger partial charge in [0.15, 0.2) is 0 Å². The number of nitrogens with one attached hydrogen (secondary N) is 1. The van der Waals surface area contributed by atoms with Crippen molar-refractivity contribution in [3.05, 3.63) is 34.6 Å². The molecule has 2 N–H and O–H groups in total. The summed E-state index contributed by atoms with van der Waals surface area (Å²) in [5.74, 6) is -2.02. The van der Waals surface area contributed by atoms with Crippen molar-refractivity contribution in [2.75, 3.05) is 33.2 Å². The Morgan fingerprint density at radius 2 is 2.04 bits per heavy atom. The molecule has 8 heteroatoms. The number of hydrogen-bond acceptors (Lipinski definition) is 3. The molecule has 0 aliphatic carbocycles. The molecule has 1 aliphatic rings. The van der Waals surface area contributed by atoms with Crippen molar-refractivity contribution in [3.8, 4) is 0 Å². The molecule has 6 nitrogen and oxygen atoms in total. The molecular formula is C18H25ClFN3O3. The Bertz CT molecular complexity index is 632. The number of benzene rings is 1. The largest absolute Gasteiger partial charge is 0.481 e. The van der Waals surface area contributed by atoms with Gasteiger partial charge in [0.1, 0.15) is 5.82 Å². The lowest BCUT2D eigenvalue weighted by molar-refractivity contribution is -0.141. The minimum Gasteiger partial charge on any atom is -0.481 e. The second kappa shape index (κ2) is 9.19. The van der Waals surface area contributed by atoms with Crippen LogP contribution in [-0.4, -0.2) is 60.1 Å². The molecule has 2 amide bonds. The lowest BCUT2D eigenvalue weighted by atomic mass is 10.0. The third kappa shape index (κ3) is 5.08. The van der Waals surface area contributed by atoms with Gasteiger partial charge < -0.3 is 15.3 Å². The highest BCUT2D eigenvalue weighted by Crippen LogP contribution is 2.31. The average Bonchev–Trinajstić information content (AvgIpc) is 3.11. The van der Waals surface area contributed by atoms with Gasteiger partial charge in [-0.1, -0.05) is 24.6 Å². The first-order chi connectivity index (χ1) is 12.3. The van der Waals surface area contributed by atoms with Crippen LogP contribution in [0.1, 0.15) is 31.4 Å². The van der Waals surface area contributed by atoms with Crippen LogP contribution >= 0.6 is 11.6 Å². The minimum atomic E-state index is -0.960. The summed E-state index contributed by atoms with van der Waals surface area (Å²) in [6.45, 7) is 3.47. The Labute approximate surface area is 157 Å². The maximum absolute atomic E-state index is 14.4. The number of carboxylic acids is 1. The Hall–Kier alpha value is -1.86. The van der Waals surface area contributed by atoms with E-state index in [1.807, 2.05) is 0 Å². The van der Waals surface area contributed by atoms with Crippen molar-refractivity contribution >= 4 is 23.6 Å². The van der Waals surface area contributed by atoms with E-state index < -0.39 is 23.7 Å². The van der Waals surface area contributed by atoms with Gasteiger partial charge in [-0.05, 0) is 38.1 Å². The van der Waals surface area contributed by atoms with E-state index in [1.165, 1.54) is 24.9 Å². The Morgan fingerprint density at radius 1 is 1.38 bits per heavy atom. The van der Waals surface area contributed by atoms with Crippen molar-refractivity contribution < 1.29 is 19.1 Å². The Balaban J connectivity index is 2.08. The zero-order chi connectivity index (χ0) is 19.3. The summed E-state index contributed by atoms with van der Waals surface area (Å²) >= 11 is 6.23. The smallest absolute Gasteiger partial charge is 0.317 e. The van der Waals surface area contributed by atoms with Gasteiger partial charge in [-0.25, -0.2) is 9.18 Å². The summed E-state index contributed by atoms with van der Waals surface area (Å²) in [6.07, 6.45) is 2.04. The number of aliphatic carboxylic acids is 1. The molecule has 2 rings (SSSR count). The molecule has 1 heterocycles. The van der Waals surface area contributed by atoms with Gasteiger partial charge in [0.25, 0.3) is 0 Å². The minimum absolute atomic E-state index is 0.0933. The van der Waals surface area contributed by atoms with Crippen LogP contribution in [0.15, 0.2) is 18.2 Å². The van der Waals surface area contributed by atoms with Gasteiger partial charge in [0.05, 0.1) is 12.0 Å². The Morgan fingerprint density at radius 3 is 2.62 bits per heavy atom. The first-order valence-corrected chi connectivity index (χ1v) is 9.08. The van der Waals surface area contributed by atoms with Gasteiger partial charge in [0, 0.05) is 30.7 Å². The van der Waals surface area contributed by atoms with E-state index >= 15 is 0 Å². The first-order valence-electron chi connectivity index (χ1n) is 8.71. The molecule has 144 valence electrons. The van der Waals surface area contributed by atoms with Crippen LogP contribution in [0, 0.1) is 11.7 Å². The molecule has 2 unspecified atom stereocenters. The normalized spacial score (nSPS) is 16.9. The van der Waals surface area contributed by atoms with Crippen molar-refractivity contribution in [2.45, 2.75) is 25.8 Å². The SMILES string of the molecule is CC(CN(C)C(=O)NCC(c1c(F)cccc1Cl)N1CCCC1)C(=O)O. The number of urea groups is 1. The quantitative estimate of drug-likeness (QED) is 0.756. The molecule has 2 atom stereocenters. The topological polar surface area (TPSA) is 72.9 Å². The van der Waals surface area contributed by atoms with E-state index in [1.54, 1.807) is 12.1 Å². The van der Waals surface area contributed by atoms with Crippen LogP contribution in [0.3, 0.4) is 0 Å². The van der Waals surface area contributed by atoms with Gasteiger partial charge in [-0.3, -0.25) is 9.69 Å². The summed E-state index contributed by atoms with van der Waals surface area (Å²) < 4.78 is 14.4. The van der Waals surface area contributed by atoms with Crippen LogP contribution in [0.2, 0.25) is 5.02 Å². The number of amides is 2. The maximum Gasteiger partial charge on any atom is 0.317 e. The van der Waals surface area contributed by atoms with Gasteiger partial charge in [-0.15, -0.1) is 0 Å². The average molecular weight is 386 g/mol. The third-order valence-electron chi connectivity index (χ3n) is 4.68. The van der Waals surface area contributed by atoms with E-state index in [-0.39, 0.29) is 19.1 Å². The zero-order valence-corrected chi connectivity index (χ0v) is 15.8. The maximum atomic E-state index is 14.4. The van der Waals surface area contributed by atoms with Crippen LogP contribution in [0.4, 0.5) is 9.18 Å². The number of likely N-dealkylation sites (tertiary alicyclic amines) is 1. The van der Waals surface area contributed by atoms with Crippen molar-refractivity contribution in [1.29, 1.82) is 0 Å². The zero-order valence-electron chi connectivity index (χ0n) is 15.0. The number of hydrogen-bond donors (Lipinski definition) is 2. The third-order valence-corrected chi connectivity index (χ3v) is 5.01. The van der Waals surface area contributed by atoms with Gasteiger partial charge in [0.2, 0.25) is 0 Å². The number of rotatable bonds is 7. The number of nitrogens with zero attached hydrogens (tertiary/aromatic N) is 2. The number of carbonyl (C=O) groups excluding carboxylic acids is 1. The van der Waals surface area contributed by atoms with E-state index in [0.717, 1.165) is 25.9 Å². The highest BCUT2D eigenvalue weighted by Gasteiger charge is 2.28. The molecule has 0 spiro atoms. The molecular weight excluding hydrogens is 361 g/mol. The second-order valence-electron chi connectivity index (χ2n) is 6.70. The lowest BCUT2D eigenvalue weighted by Gasteiger charge is -2.30. The summed E-state index contributed by atoms with van der Waals surface area (Å²) in [5, 5.41) is 12.1. The summed E-state index contributed by atoms with van der Waals surface area (Å²) in [7, 11) is 1.54. The highest BCUT2D eigenvalue weighted by molar-refractivity contribution is 6.31. The fourth-order valence-electron chi connectivity index (χ4n) is 3.19. The lowest BCUT2D eigenvalue weighted by Crippen LogP contribution is -2.44. The van der Waals surface area contributed by atoms with E-state index in [9.17, 15) is 14.0 Å². The molecule has 0 aromatic heterocycles. The van der Waals surface area contributed by atoms with Crippen molar-refractivity contribution in [1.82, 2.24) is 15.1 Å². The fraction of sp³-hybridized carbons (Fsp3) is 0.556. The molecule has 1 fully saturated rings. The molecule has 0 saturated carbocycles. The van der Waals surface area contributed by atoms with Crippen LogP contribution in [0.25, 0.3) is 0 Å². The fourth-order valence-corrected chi connectivity index (χ4v) is 3.48. The predicted molar refractivity (Wildman–Crippen MR) is 97.8 cm³/mol. The van der Waals surface area contributed by atoms with Crippen LogP contribution in [-0.2, 0) is 4.79 Å². The summed E-state index contributed by atoms with van der Waals surface area (Å²) in [4.78, 5) is 26.7. The van der Waals surface area contributed by atoms with E-state index in [0.29, 0.717) is 10.6 Å². The molecule has 1 aliphatic heterocycles. The first kappa shape index (κ1) is 20.5. The summed E-state index contributed by atoms with van der Waals surface area (Å²) in [5.41, 5.74) is 0.387. The van der Waals surface area contributed by atoms with E-state index in [4.69, 9.17) is 16.7 Å². The molecule has 1 aromatic rings. The van der Waals surface area contributed by atoms with Crippen LogP contribution < -0.4 is 5.32 Å². The molecule has 1 saturated heterocycles. The second-order valence-corrected chi connectivity index (χ2v) is 7.11. The number of carboxylic acid groups (broad SMARTS) is 1. The standard InChI is InChI=1S/C18H25ClFN3O3/c1-12(17(24)25)11-22(2)18(26)21-10-15(23-8-3-4-9-23)16-13(19)6-5-7-14(16)20/h5-7,12,15H,3-4,8-11H2,1-2H3,(H,21,26)(H,24,25). The van der Waals surface area contributed by atoms with Crippen molar-refractivity contribution in [3.63, 3.8) is 0 Å². The molecule has 0 radical (unpaired) electrons. The number of carbonyl (C=O) groups is 2. The molecule has 26 heavy (non-hydrogen) atoms.